The lowest BCUT2D eigenvalue weighted by atomic mass is 10.0. The molecule has 8 rings (SSSR count). The van der Waals surface area contributed by atoms with Gasteiger partial charge in [-0.1, -0.05) is 0 Å². The average Bonchev–Trinajstić information content (AvgIpc) is 4.07. The number of hydrogen-bond donors (Lipinski definition) is 4. The molecule has 2 unspecified atom stereocenters. The molecule has 2 aliphatic rings. The molecule has 316 valence electrons. The highest BCUT2D eigenvalue weighted by molar-refractivity contribution is 6.02. The molecule has 0 bridgehead atoms. The second-order valence-electron chi connectivity index (χ2n) is 12.9. The van der Waals surface area contributed by atoms with Crippen molar-refractivity contribution in [1.29, 1.82) is 11.1 Å². The first-order chi connectivity index (χ1) is 28.1. The highest BCUT2D eigenvalue weighted by Gasteiger charge is 2.32. The SMILES string of the molecule is CCO.CCOC(=O)c1cnn2ccc(N3CCCC3c3cc(F)ccc3F)nc12.N=N.NCC(=O)c1cnn2ccc(N3CCCC3c3cc(F)ccc3F)nc12.O.[HH]. The number of aliphatic hydroxyl groups is 1. The molecular formula is C39H47F4N11O5. The summed E-state index contributed by atoms with van der Waals surface area (Å²) in [5.41, 5.74) is 17.5. The largest absolute Gasteiger partial charge is 0.462 e. The van der Waals surface area contributed by atoms with E-state index in [1.54, 1.807) is 38.4 Å². The van der Waals surface area contributed by atoms with Crippen LogP contribution in [0, 0.1) is 34.3 Å². The summed E-state index contributed by atoms with van der Waals surface area (Å²) in [5, 5.41) is 15.8. The normalized spacial score (nSPS) is 15.7. The van der Waals surface area contributed by atoms with Crippen LogP contribution in [0.5, 0.6) is 0 Å². The summed E-state index contributed by atoms with van der Waals surface area (Å²) in [4.78, 5) is 37.0. The number of carbonyl (C=O) groups is 2. The topological polar surface area (TPSA) is 236 Å². The zero-order chi connectivity index (χ0) is 41.9. The van der Waals surface area contributed by atoms with Gasteiger partial charge in [-0.2, -0.15) is 10.2 Å². The van der Waals surface area contributed by atoms with Crippen molar-refractivity contribution in [2.45, 2.75) is 51.6 Å². The Morgan fingerprint density at radius 1 is 0.797 bits per heavy atom. The molecule has 20 heteroatoms. The molecule has 59 heavy (non-hydrogen) atoms. The zero-order valence-electron chi connectivity index (χ0n) is 32.3. The van der Waals surface area contributed by atoms with Crippen molar-refractivity contribution in [2.24, 2.45) is 5.73 Å². The number of rotatable bonds is 8. The smallest absolute Gasteiger partial charge is 0.343 e. The second-order valence-corrected chi connectivity index (χ2v) is 12.9. The van der Waals surface area contributed by atoms with Crippen LogP contribution in [-0.2, 0) is 4.74 Å². The minimum Gasteiger partial charge on any atom is -0.462 e. The number of nitrogens with two attached hydrogens (primary N) is 1. The number of anilines is 2. The molecule has 4 aromatic heterocycles. The van der Waals surface area contributed by atoms with Gasteiger partial charge in [0.15, 0.2) is 17.1 Å². The molecule has 6 heterocycles. The van der Waals surface area contributed by atoms with Crippen molar-refractivity contribution in [2.75, 3.05) is 42.6 Å². The van der Waals surface area contributed by atoms with Gasteiger partial charge in [0.05, 0.1) is 43.2 Å². The van der Waals surface area contributed by atoms with Gasteiger partial charge in [0.2, 0.25) is 0 Å². The van der Waals surface area contributed by atoms with Crippen LogP contribution in [0.15, 0.2) is 73.3 Å². The first-order valence-corrected chi connectivity index (χ1v) is 18.5. The summed E-state index contributed by atoms with van der Waals surface area (Å²) in [6.07, 6.45) is 9.30. The van der Waals surface area contributed by atoms with Crippen molar-refractivity contribution in [3.8, 4) is 0 Å². The number of nitrogens with zero attached hydrogens (tertiary/aromatic N) is 8. The highest BCUT2D eigenvalue weighted by Crippen LogP contribution is 2.38. The molecule has 0 amide bonds. The molecule has 2 fully saturated rings. The van der Waals surface area contributed by atoms with E-state index in [4.69, 9.17) is 26.6 Å². The fraction of sp³-hybridized carbons (Fsp3) is 0.333. The summed E-state index contributed by atoms with van der Waals surface area (Å²) in [5.74, 6) is -1.39. The highest BCUT2D eigenvalue weighted by atomic mass is 19.1. The number of ketones is 1. The number of aromatic nitrogens is 6. The molecule has 2 atom stereocenters. The van der Waals surface area contributed by atoms with Gasteiger partial charge in [0, 0.05) is 44.6 Å². The minimum atomic E-state index is -0.494. The van der Waals surface area contributed by atoms with Crippen LogP contribution in [0.4, 0.5) is 29.2 Å². The number of halogens is 4. The van der Waals surface area contributed by atoms with Crippen molar-refractivity contribution in [3.05, 3.63) is 119 Å². The van der Waals surface area contributed by atoms with E-state index >= 15 is 0 Å². The van der Waals surface area contributed by atoms with Crippen molar-refractivity contribution in [3.63, 3.8) is 0 Å². The van der Waals surface area contributed by atoms with Gasteiger partial charge in [-0.15, -0.1) is 0 Å². The van der Waals surface area contributed by atoms with Crippen LogP contribution in [0.1, 0.15) is 84.9 Å². The maximum atomic E-state index is 14.3. The third kappa shape index (κ3) is 10.0. The Bertz CT molecular complexity index is 2370. The number of Topliss-reactive ketones (excluding diaryl/α,β-unsaturated/α-hetero) is 1. The van der Waals surface area contributed by atoms with Crippen LogP contribution in [0.2, 0.25) is 0 Å². The fourth-order valence-corrected chi connectivity index (χ4v) is 6.97. The Morgan fingerprint density at radius 3 is 1.68 bits per heavy atom. The Kier molecular flexibility index (Phi) is 16.0. The number of aliphatic hydroxyl groups excluding tert-OH is 1. The molecule has 7 N–H and O–H groups in total. The number of fused-ring (bicyclic) bond motifs is 2. The van der Waals surface area contributed by atoms with Gasteiger partial charge in [-0.05, 0) is 88.1 Å². The molecule has 0 radical (unpaired) electrons. The van der Waals surface area contributed by atoms with E-state index in [0.717, 1.165) is 37.1 Å². The van der Waals surface area contributed by atoms with Crippen LogP contribution in [0.3, 0.4) is 0 Å². The number of ether oxygens (including phenoxy) is 1. The van der Waals surface area contributed by atoms with Gasteiger partial charge < -0.3 is 30.9 Å². The maximum Gasteiger partial charge on any atom is 0.343 e. The van der Waals surface area contributed by atoms with Crippen LogP contribution in [-0.4, -0.2) is 84.4 Å². The van der Waals surface area contributed by atoms with E-state index in [-0.39, 0.29) is 50.1 Å². The molecule has 6 aromatic rings. The lowest BCUT2D eigenvalue weighted by molar-refractivity contribution is 0.0528. The lowest BCUT2D eigenvalue weighted by Crippen LogP contribution is -2.24. The zero-order valence-corrected chi connectivity index (χ0v) is 32.3. The monoisotopic (exact) mass is 825 g/mol. The second kappa shape index (κ2) is 20.9. The predicted octanol–water partition coefficient (Wildman–Crippen LogP) is 6.03. The maximum absolute atomic E-state index is 14.3. The third-order valence-electron chi connectivity index (χ3n) is 9.42. The van der Waals surface area contributed by atoms with Crippen molar-refractivity contribution in [1.82, 2.24) is 29.2 Å². The van der Waals surface area contributed by atoms with Crippen molar-refractivity contribution >= 4 is 34.7 Å². The fourth-order valence-electron chi connectivity index (χ4n) is 6.97. The van der Waals surface area contributed by atoms with E-state index in [1.807, 2.05) is 9.80 Å². The lowest BCUT2D eigenvalue weighted by Gasteiger charge is -2.26. The molecule has 2 aliphatic heterocycles. The van der Waals surface area contributed by atoms with Gasteiger partial charge in [-0.25, -0.2) is 52.4 Å². The average molecular weight is 826 g/mol. The quantitative estimate of drug-likeness (QED) is 0.0598. The number of esters is 1. The standard InChI is InChI=1S/C19H18F2N4O2.C18H17F2N5O.C2H6O.H2N2.H2O.H2/c1-2-27-19(26)14-11-22-25-9-7-17(23-18(14)25)24-8-3-4-16(24)13-10-12(20)5-6-15(13)21;19-11-3-4-14(20)12(8-11)15-2-1-6-24(15)17-5-7-25-18(23-17)13(10-22-25)16(26)9-21;1-2-3;1-2;;/h5-7,9-11,16H,2-4,8H2,1H3;3-5,7-8,10,15H,1-2,6,9,21H2;3H,2H2,1H3;1-2H;1H2;1H. The van der Waals surface area contributed by atoms with Crippen LogP contribution >= 0.6 is 0 Å². The first kappa shape index (κ1) is 45.3. The van der Waals surface area contributed by atoms with Crippen molar-refractivity contribution < 1.29 is 43.9 Å². The van der Waals surface area contributed by atoms with Gasteiger partial charge >= 0.3 is 5.97 Å². The molecular weight excluding hydrogens is 778 g/mol. The molecule has 2 aromatic carbocycles. The van der Waals surface area contributed by atoms with E-state index in [2.05, 4.69) is 20.2 Å². The third-order valence-corrected chi connectivity index (χ3v) is 9.42. The van der Waals surface area contributed by atoms with Gasteiger partial charge in [0.25, 0.3) is 0 Å². The van der Waals surface area contributed by atoms with Crippen LogP contribution < -0.4 is 15.5 Å². The van der Waals surface area contributed by atoms with Gasteiger partial charge in [-0.3, -0.25) is 4.79 Å². The van der Waals surface area contributed by atoms with E-state index in [0.29, 0.717) is 65.6 Å². The molecule has 0 saturated carbocycles. The number of benzene rings is 2. The number of carbonyl (C=O) groups excluding carboxylic acids is 2. The van der Waals surface area contributed by atoms with E-state index in [9.17, 15) is 27.2 Å². The Morgan fingerprint density at radius 2 is 1.24 bits per heavy atom. The molecule has 0 aliphatic carbocycles. The summed E-state index contributed by atoms with van der Waals surface area (Å²) in [7, 11) is 0. The molecule has 16 nitrogen and oxygen atoms in total. The van der Waals surface area contributed by atoms with Gasteiger partial charge in [0.1, 0.15) is 40.5 Å². The Labute approximate surface area is 337 Å². The summed E-state index contributed by atoms with van der Waals surface area (Å²) in [6.45, 7) is 5.10. The first-order valence-electron chi connectivity index (χ1n) is 18.5. The Balaban J connectivity index is 0.000000281. The minimum absolute atomic E-state index is 0. The summed E-state index contributed by atoms with van der Waals surface area (Å²) < 4.78 is 63.8. The van der Waals surface area contributed by atoms with E-state index < -0.39 is 29.2 Å². The Hall–Kier alpha value is -6.38. The number of nitrogens with one attached hydrogen (secondary N) is 2. The summed E-state index contributed by atoms with van der Waals surface area (Å²) in [6, 6.07) is 9.87. The van der Waals surface area contributed by atoms with Crippen LogP contribution in [0.25, 0.3) is 11.3 Å². The van der Waals surface area contributed by atoms with E-state index in [1.165, 1.54) is 33.6 Å². The summed E-state index contributed by atoms with van der Waals surface area (Å²) >= 11 is 0. The molecule has 0 spiro atoms. The number of hydrogen-bond acceptors (Lipinski definition) is 13. The molecule has 2 saturated heterocycles. The predicted molar refractivity (Wildman–Crippen MR) is 211 cm³/mol.